The summed E-state index contributed by atoms with van der Waals surface area (Å²) in [5.74, 6) is 0.0901. The number of amides is 1. The minimum Gasteiger partial charge on any atom is -0.383 e. The van der Waals surface area contributed by atoms with Gasteiger partial charge in [-0.05, 0) is 38.0 Å². The van der Waals surface area contributed by atoms with Gasteiger partial charge in [0, 0.05) is 25.9 Å². The van der Waals surface area contributed by atoms with Crippen LogP contribution in [0.1, 0.15) is 18.1 Å². The summed E-state index contributed by atoms with van der Waals surface area (Å²) in [6, 6.07) is 6.05. The molecule has 0 radical (unpaired) electrons. The van der Waals surface area contributed by atoms with E-state index in [0.717, 1.165) is 11.3 Å². The lowest BCUT2D eigenvalue weighted by atomic mass is 10.1. The molecule has 4 heteroatoms. The number of benzene rings is 1. The van der Waals surface area contributed by atoms with Gasteiger partial charge in [0.25, 0.3) is 0 Å². The highest BCUT2D eigenvalue weighted by Gasteiger charge is 2.15. The molecule has 1 aromatic carbocycles. The molecule has 0 unspecified atom stereocenters. The summed E-state index contributed by atoms with van der Waals surface area (Å²) in [6.45, 7) is 8.43. The van der Waals surface area contributed by atoms with Crippen LogP contribution < -0.4 is 10.2 Å². The molecule has 1 rings (SSSR count). The number of hydrogen-bond donors (Lipinski definition) is 1. The number of rotatable bonds is 7. The first-order chi connectivity index (χ1) is 9.11. The van der Waals surface area contributed by atoms with E-state index in [0.29, 0.717) is 26.2 Å². The van der Waals surface area contributed by atoms with Gasteiger partial charge >= 0.3 is 0 Å². The van der Waals surface area contributed by atoms with E-state index in [2.05, 4.69) is 25.2 Å². The Balaban J connectivity index is 2.71. The predicted molar refractivity (Wildman–Crippen MR) is 78.7 cm³/mol. The molecule has 0 spiro atoms. The van der Waals surface area contributed by atoms with Gasteiger partial charge in [0.2, 0.25) is 5.91 Å². The van der Waals surface area contributed by atoms with E-state index in [1.807, 2.05) is 24.0 Å². The molecule has 0 saturated carbocycles. The van der Waals surface area contributed by atoms with Crippen LogP contribution in [-0.4, -0.2) is 39.3 Å². The third-order valence-electron chi connectivity index (χ3n) is 3.24. The lowest BCUT2D eigenvalue weighted by Gasteiger charge is -2.24. The van der Waals surface area contributed by atoms with Crippen molar-refractivity contribution in [3.8, 4) is 0 Å². The number of methoxy groups -OCH3 is 1. The predicted octanol–water partition coefficient (Wildman–Crippen LogP) is 1.89. The van der Waals surface area contributed by atoms with E-state index < -0.39 is 0 Å². The van der Waals surface area contributed by atoms with Crippen molar-refractivity contribution in [1.82, 2.24) is 5.32 Å². The lowest BCUT2D eigenvalue weighted by molar-refractivity contribution is -0.117. The average Bonchev–Trinajstić information content (AvgIpc) is 2.40. The Morgan fingerprint density at radius 3 is 2.74 bits per heavy atom. The highest BCUT2D eigenvalue weighted by molar-refractivity contribution is 5.95. The van der Waals surface area contributed by atoms with Crippen LogP contribution in [-0.2, 0) is 9.53 Å². The van der Waals surface area contributed by atoms with Gasteiger partial charge in [0.15, 0.2) is 0 Å². The van der Waals surface area contributed by atoms with Gasteiger partial charge in [-0.3, -0.25) is 4.79 Å². The fourth-order valence-corrected chi connectivity index (χ4v) is 1.97. The van der Waals surface area contributed by atoms with Crippen molar-refractivity contribution in [2.24, 2.45) is 0 Å². The molecule has 0 aliphatic carbocycles. The van der Waals surface area contributed by atoms with Crippen LogP contribution in [0.5, 0.6) is 0 Å². The number of carbonyl (C=O) groups excluding carboxylic acids is 1. The lowest BCUT2D eigenvalue weighted by Crippen LogP contribution is -2.39. The van der Waals surface area contributed by atoms with Crippen LogP contribution >= 0.6 is 0 Å². The zero-order chi connectivity index (χ0) is 14.3. The fourth-order valence-electron chi connectivity index (χ4n) is 1.97. The Bertz CT molecular complexity index is 419. The van der Waals surface area contributed by atoms with Crippen LogP contribution in [0.15, 0.2) is 18.2 Å². The molecule has 0 aliphatic heterocycles. The molecule has 0 heterocycles. The third-order valence-corrected chi connectivity index (χ3v) is 3.24. The van der Waals surface area contributed by atoms with Gasteiger partial charge in [0.05, 0.1) is 13.2 Å². The monoisotopic (exact) mass is 264 g/mol. The highest BCUT2D eigenvalue weighted by atomic mass is 16.5. The van der Waals surface area contributed by atoms with E-state index >= 15 is 0 Å². The number of nitrogens with zero attached hydrogens (tertiary/aromatic N) is 1. The Morgan fingerprint density at radius 1 is 1.37 bits per heavy atom. The van der Waals surface area contributed by atoms with Crippen molar-refractivity contribution >= 4 is 11.6 Å². The van der Waals surface area contributed by atoms with Crippen LogP contribution in [0.3, 0.4) is 0 Å². The van der Waals surface area contributed by atoms with E-state index in [4.69, 9.17) is 4.74 Å². The second-order valence-corrected chi connectivity index (χ2v) is 4.53. The third kappa shape index (κ3) is 4.33. The molecular weight excluding hydrogens is 240 g/mol. The van der Waals surface area contributed by atoms with E-state index in [-0.39, 0.29) is 5.91 Å². The zero-order valence-electron chi connectivity index (χ0n) is 12.3. The molecule has 0 fully saturated rings. The van der Waals surface area contributed by atoms with E-state index in [1.54, 1.807) is 7.11 Å². The number of ether oxygens (including phenoxy) is 1. The smallest absolute Gasteiger partial charge is 0.240 e. The average molecular weight is 264 g/mol. The summed E-state index contributed by atoms with van der Waals surface area (Å²) in [6.07, 6.45) is 0. The van der Waals surface area contributed by atoms with Crippen LogP contribution in [0.4, 0.5) is 5.69 Å². The van der Waals surface area contributed by atoms with Gasteiger partial charge in [-0.2, -0.15) is 0 Å². The van der Waals surface area contributed by atoms with Crippen molar-refractivity contribution in [2.75, 3.05) is 38.3 Å². The number of aryl methyl sites for hydroxylation is 1. The maximum Gasteiger partial charge on any atom is 0.240 e. The minimum absolute atomic E-state index is 0.0901. The van der Waals surface area contributed by atoms with Gasteiger partial charge in [0.1, 0.15) is 0 Å². The molecule has 4 nitrogen and oxygen atoms in total. The van der Waals surface area contributed by atoms with Crippen LogP contribution in [0.2, 0.25) is 0 Å². The van der Waals surface area contributed by atoms with Crippen LogP contribution in [0, 0.1) is 13.8 Å². The van der Waals surface area contributed by atoms with Gasteiger partial charge < -0.3 is 15.0 Å². The Morgan fingerprint density at radius 2 is 2.11 bits per heavy atom. The Hall–Kier alpha value is -1.39. The summed E-state index contributed by atoms with van der Waals surface area (Å²) < 4.78 is 4.94. The van der Waals surface area contributed by atoms with Gasteiger partial charge in [-0.15, -0.1) is 0 Å². The Labute approximate surface area is 115 Å². The first-order valence-electron chi connectivity index (χ1n) is 6.68. The largest absolute Gasteiger partial charge is 0.383 e. The highest BCUT2D eigenvalue weighted by Crippen LogP contribution is 2.22. The number of likely N-dealkylation sites (N-methyl/N-ethyl adjacent to an activating group) is 1. The molecule has 106 valence electrons. The fraction of sp³-hybridized carbons (Fsp3) is 0.533. The Kier molecular flexibility index (Phi) is 6.53. The first-order valence-corrected chi connectivity index (χ1v) is 6.68. The maximum atomic E-state index is 12.2. The standard InChI is InChI=1S/C15H24N2O2/c1-5-17(15(18)11-16-9-10-19-4)14-8-6-7-12(2)13(14)3/h6-8,16H,5,9-11H2,1-4H3. The van der Waals surface area contributed by atoms with Crippen molar-refractivity contribution in [3.05, 3.63) is 29.3 Å². The second kappa shape index (κ2) is 7.92. The van der Waals surface area contributed by atoms with Crippen LogP contribution in [0.25, 0.3) is 0 Å². The molecule has 0 bridgehead atoms. The normalized spacial score (nSPS) is 10.5. The summed E-state index contributed by atoms with van der Waals surface area (Å²) in [7, 11) is 1.65. The van der Waals surface area contributed by atoms with E-state index in [1.165, 1.54) is 5.56 Å². The van der Waals surface area contributed by atoms with Crippen molar-refractivity contribution < 1.29 is 9.53 Å². The summed E-state index contributed by atoms with van der Waals surface area (Å²) in [4.78, 5) is 14.0. The molecule has 0 aromatic heterocycles. The molecule has 0 aliphatic rings. The van der Waals surface area contributed by atoms with Crippen molar-refractivity contribution in [2.45, 2.75) is 20.8 Å². The molecule has 0 saturated heterocycles. The molecule has 0 atom stereocenters. The van der Waals surface area contributed by atoms with Crippen molar-refractivity contribution in [3.63, 3.8) is 0 Å². The number of nitrogens with one attached hydrogen (secondary N) is 1. The molecule has 1 aromatic rings. The molecule has 19 heavy (non-hydrogen) atoms. The molecule has 1 amide bonds. The second-order valence-electron chi connectivity index (χ2n) is 4.53. The van der Waals surface area contributed by atoms with Gasteiger partial charge in [-0.1, -0.05) is 12.1 Å². The van der Waals surface area contributed by atoms with E-state index in [9.17, 15) is 4.79 Å². The maximum absolute atomic E-state index is 12.2. The summed E-state index contributed by atoms with van der Waals surface area (Å²) in [5.41, 5.74) is 3.37. The number of hydrogen-bond acceptors (Lipinski definition) is 3. The summed E-state index contributed by atoms with van der Waals surface area (Å²) >= 11 is 0. The number of anilines is 1. The minimum atomic E-state index is 0.0901. The number of carbonyl (C=O) groups is 1. The topological polar surface area (TPSA) is 41.6 Å². The zero-order valence-corrected chi connectivity index (χ0v) is 12.3. The van der Waals surface area contributed by atoms with Crippen molar-refractivity contribution in [1.29, 1.82) is 0 Å². The molecule has 1 N–H and O–H groups in total. The SMILES string of the molecule is CCN(C(=O)CNCCOC)c1cccc(C)c1C. The quantitative estimate of drug-likeness (QED) is 0.765. The first kappa shape index (κ1) is 15.7. The molecular formula is C15H24N2O2. The summed E-state index contributed by atoms with van der Waals surface area (Å²) in [5, 5.41) is 3.09. The van der Waals surface area contributed by atoms with Gasteiger partial charge in [-0.25, -0.2) is 0 Å².